The molecule has 0 radical (unpaired) electrons. The van der Waals surface area contributed by atoms with Crippen molar-refractivity contribution >= 4 is 21.7 Å². The Morgan fingerprint density at radius 3 is 2.36 bits per heavy atom. The summed E-state index contributed by atoms with van der Waals surface area (Å²) in [5.74, 6) is -0.123. The van der Waals surface area contributed by atoms with Gasteiger partial charge in [-0.1, -0.05) is 25.5 Å². The number of carbonyl (C=O) groups is 1. The van der Waals surface area contributed by atoms with Gasteiger partial charge >= 0.3 is 6.18 Å². The summed E-state index contributed by atoms with van der Waals surface area (Å²) in [5, 5.41) is 0. The van der Waals surface area contributed by atoms with Crippen molar-refractivity contribution in [2.24, 2.45) is 0 Å². The highest BCUT2D eigenvalue weighted by Crippen LogP contribution is 2.32. The minimum Gasteiger partial charge on any atom is -0.353 e. The van der Waals surface area contributed by atoms with E-state index >= 15 is 0 Å². The minimum atomic E-state index is -4.61. The molecule has 1 unspecified atom stereocenters. The summed E-state index contributed by atoms with van der Waals surface area (Å²) < 4.78 is 67.3. The van der Waals surface area contributed by atoms with E-state index in [4.69, 9.17) is 0 Å². The van der Waals surface area contributed by atoms with Crippen molar-refractivity contribution in [2.45, 2.75) is 43.8 Å². The van der Waals surface area contributed by atoms with Crippen molar-refractivity contribution in [3.63, 3.8) is 0 Å². The highest BCUT2D eigenvalue weighted by Gasteiger charge is 2.36. The van der Waals surface area contributed by atoms with Crippen LogP contribution in [0.3, 0.4) is 0 Å². The second-order valence-corrected chi connectivity index (χ2v) is 9.70. The first-order valence-corrected chi connectivity index (χ1v) is 12.2. The number of aromatic nitrogens is 1. The van der Waals surface area contributed by atoms with Gasteiger partial charge in [-0.25, -0.2) is 18.1 Å². The van der Waals surface area contributed by atoms with E-state index in [1.807, 2.05) is 11.8 Å². The number of benzene rings is 1. The maximum absolute atomic E-state index is 13.2. The van der Waals surface area contributed by atoms with Crippen molar-refractivity contribution in [2.75, 3.05) is 31.1 Å². The van der Waals surface area contributed by atoms with Crippen LogP contribution in [0, 0.1) is 0 Å². The van der Waals surface area contributed by atoms with E-state index in [-0.39, 0.29) is 29.6 Å². The number of hydrogen-bond donors (Lipinski definition) is 1. The fraction of sp³-hybridized carbons (Fsp3) is 0.455. The molecular formula is C22H27F3N4O3S. The molecule has 1 aliphatic heterocycles. The third-order valence-electron chi connectivity index (χ3n) is 5.46. The fourth-order valence-corrected chi connectivity index (χ4v) is 4.99. The Morgan fingerprint density at radius 1 is 1.12 bits per heavy atom. The third kappa shape index (κ3) is 6.02. The first-order chi connectivity index (χ1) is 15.5. The number of pyridine rings is 1. The molecule has 1 aliphatic rings. The first-order valence-electron chi connectivity index (χ1n) is 10.7. The molecule has 1 aromatic heterocycles. The molecule has 0 aliphatic carbocycles. The first kappa shape index (κ1) is 25.0. The van der Waals surface area contributed by atoms with Gasteiger partial charge in [0.1, 0.15) is 10.7 Å². The van der Waals surface area contributed by atoms with Crippen molar-refractivity contribution in [1.29, 1.82) is 0 Å². The van der Waals surface area contributed by atoms with Gasteiger partial charge in [0.25, 0.3) is 5.91 Å². The molecule has 180 valence electrons. The molecular weight excluding hydrogens is 457 g/mol. The summed E-state index contributed by atoms with van der Waals surface area (Å²) in [7, 11) is -3.67. The molecule has 1 saturated heterocycles. The lowest BCUT2D eigenvalue weighted by molar-refractivity contribution is -0.138. The lowest BCUT2D eigenvalue weighted by Crippen LogP contribution is -2.49. The Bertz CT molecular complexity index is 1070. The standard InChI is InChI=1S/C22H27F3N4O3S/c1-3-6-16(2)27-33(31,32)17-9-10-20(26-15-17)28-11-13-29(14-12-28)21(30)18-7-4-5-8-19(18)22(23,24)25/h4-5,7-10,15-16,27H,3,6,11-14H2,1-2H3. The highest BCUT2D eigenvalue weighted by molar-refractivity contribution is 7.89. The van der Waals surface area contributed by atoms with Crippen LogP contribution in [-0.4, -0.2) is 56.4 Å². The second-order valence-electron chi connectivity index (χ2n) is 7.99. The zero-order valence-electron chi connectivity index (χ0n) is 18.5. The van der Waals surface area contributed by atoms with E-state index in [1.54, 1.807) is 13.0 Å². The molecule has 1 amide bonds. The number of sulfonamides is 1. The molecule has 0 bridgehead atoms. The predicted molar refractivity (Wildman–Crippen MR) is 118 cm³/mol. The Morgan fingerprint density at radius 2 is 1.79 bits per heavy atom. The molecule has 1 atom stereocenters. The zero-order valence-corrected chi connectivity index (χ0v) is 19.3. The molecule has 7 nitrogen and oxygen atoms in total. The Hall–Kier alpha value is -2.66. The Balaban J connectivity index is 1.64. The van der Waals surface area contributed by atoms with Crippen molar-refractivity contribution in [3.8, 4) is 0 Å². The average molecular weight is 485 g/mol. The van der Waals surface area contributed by atoms with E-state index < -0.39 is 27.7 Å². The highest BCUT2D eigenvalue weighted by atomic mass is 32.2. The summed E-state index contributed by atoms with van der Waals surface area (Å²) in [5.41, 5.74) is -1.31. The maximum Gasteiger partial charge on any atom is 0.417 e. The third-order valence-corrected chi connectivity index (χ3v) is 7.04. The van der Waals surface area contributed by atoms with E-state index in [9.17, 15) is 26.4 Å². The molecule has 11 heteroatoms. The van der Waals surface area contributed by atoms with Crippen LogP contribution in [-0.2, 0) is 16.2 Å². The van der Waals surface area contributed by atoms with Gasteiger partial charge in [-0.05, 0) is 37.6 Å². The molecule has 1 aromatic carbocycles. The summed E-state index contributed by atoms with van der Waals surface area (Å²) in [4.78, 5) is 20.3. The lowest BCUT2D eigenvalue weighted by Gasteiger charge is -2.35. The predicted octanol–water partition coefficient (Wildman–Crippen LogP) is 3.53. The Kier molecular flexibility index (Phi) is 7.63. The van der Waals surface area contributed by atoms with E-state index in [0.29, 0.717) is 18.9 Å². The number of alkyl halides is 3. The van der Waals surface area contributed by atoms with Gasteiger partial charge in [0.05, 0.1) is 11.1 Å². The van der Waals surface area contributed by atoms with Gasteiger partial charge in [0, 0.05) is 38.4 Å². The van der Waals surface area contributed by atoms with Crippen LogP contribution in [0.15, 0.2) is 47.5 Å². The number of carbonyl (C=O) groups excluding carboxylic acids is 1. The van der Waals surface area contributed by atoms with Crippen molar-refractivity contribution in [1.82, 2.24) is 14.6 Å². The quantitative estimate of drug-likeness (QED) is 0.650. The number of halogens is 3. The maximum atomic E-state index is 13.2. The van der Waals surface area contributed by atoms with Gasteiger partial charge in [-0.3, -0.25) is 4.79 Å². The summed E-state index contributed by atoms with van der Waals surface area (Å²) in [6, 6.07) is 7.64. The van der Waals surface area contributed by atoms with Gasteiger partial charge < -0.3 is 9.80 Å². The fourth-order valence-electron chi connectivity index (χ4n) is 3.77. The van der Waals surface area contributed by atoms with Crippen LogP contribution >= 0.6 is 0 Å². The van der Waals surface area contributed by atoms with Crippen LogP contribution in [0.5, 0.6) is 0 Å². The van der Waals surface area contributed by atoms with Crippen LogP contribution in [0.2, 0.25) is 0 Å². The number of anilines is 1. The summed E-state index contributed by atoms with van der Waals surface area (Å²) in [6.45, 7) is 4.96. The number of nitrogens with one attached hydrogen (secondary N) is 1. The molecule has 0 spiro atoms. The number of nitrogens with zero attached hydrogens (tertiary/aromatic N) is 3. The largest absolute Gasteiger partial charge is 0.417 e. The molecule has 0 saturated carbocycles. The van der Waals surface area contributed by atoms with Gasteiger partial charge in [-0.2, -0.15) is 13.2 Å². The molecule has 1 N–H and O–H groups in total. The molecule has 33 heavy (non-hydrogen) atoms. The average Bonchev–Trinajstić information content (AvgIpc) is 2.78. The molecule has 2 aromatic rings. The molecule has 3 rings (SSSR count). The SMILES string of the molecule is CCCC(C)NS(=O)(=O)c1ccc(N2CCN(C(=O)c3ccccc3C(F)(F)F)CC2)nc1. The van der Waals surface area contributed by atoms with Crippen molar-refractivity contribution < 1.29 is 26.4 Å². The van der Waals surface area contributed by atoms with Crippen LogP contribution in [0.1, 0.15) is 42.6 Å². The topological polar surface area (TPSA) is 82.6 Å². The summed E-state index contributed by atoms with van der Waals surface area (Å²) >= 11 is 0. The number of amides is 1. The lowest BCUT2D eigenvalue weighted by atomic mass is 10.1. The van der Waals surface area contributed by atoms with Crippen LogP contribution < -0.4 is 9.62 Å². The minimum absolute atomic E-state index is 0.0618. The smallest absolute Gasteiger partial charge is 0.353 e. The van der Waals surface area contributed by atoms with Gasteiger partial charge in [-0.15, -0.1) is 0 Å². The van der Waals surface area contributed by atoms with Crippen LogP contribution in [0.4, 0.5) is 19.0 Å². The molecule has 1 fully saturated rings. The van der Waals surface area contributed by atoms with Gasteiger partial charge in [0.15, 0.2) is 0 Å². The second kappa shape index (κ2) is 10.1. The molecule has 2 heterocycles. The monoisotopic (exact) mass is 484 g/mol. The number of rotatable bonds is 7. The van der Waals surface area contributed by atoms with Crippen molar-refractivity contribution in [3.05, 3.63) is 53.7 Å². The summed E-state index contributed by atoms with van der Waals surface area (Å²) in [6.07, 6.45) is -1.74. The van der Waals surface area contributed by atoms with E-state index in [0.717, 1.165) is 18.9 Å². The number of piperazine rings is 1. The van der Waals surface area contributed by atoms with E-state index in [1.165, 1.54) is 35.4 Å². The number of hydrogen-bond acceptors (Lipinski definition) is 5. The van der Waals surface area contributed by atoms with Crippen LogP contribution in [0.25, 0.3) is 0 Å². The van der Waals surface area contributed by atoms with E-state index in [2.05, 4.69) is 9.71 Å². The van der Waals surface area contributed by atoms with Gasteiger partial charge in [0.2, 0.25) is 10.0 Å². The normalized spacial score (nSPS) is 16.0. The Labute approximate surface area is 191 Å². The zero-order chi connectivity index (χ0) is 24.2.